The molecule has 1 heterocycles. The predicted molar refractivity (Wildman–Crippen MR) is 97.1 cm³/mol. The zero-order chi connectivity index (χ0) is 16.7. The predicted octanol–water partition coefficient (Wildman–Crippen LogP) is 5.59. The SMILES string of the molecule is CC1(C)Cc2cc(Cl)cc(COc3ccc(CC4CC4)cc3)c2O1. The molecular formula is C21H23ClO2. The van der Waals surface area contributed by atoms with Gasteiger partial charge in [-0.05, 0) is 74.4 Å². The van der Waals surface area contributed by atoms with Crippen molar-refractivity contribution in [2.45, 2.75) is 51.7 Å². The summed E-state index contributed by atoms with van der Waals surface area (Å²) in [4.78, 5) is 0. The van der Waals surface area contributed by atoms with Crippen molar-refractivity contribution in [3.05, 3.63) is 58.1 Å². The van der Waals surface area contributed by atoms with Crippen LogP contribution in [0.25, 0.3) is 0 Å². The lowest BCUT2D eigenvalue weighted by Crippen LogP contribution is -2.25. The van der Waals surface area contributed by atoms with Gasteiger partial charge in [0.05, 0.1) is 0 Å². The number of rotatable bonds is 5. The lowest BCUT2D eigenvalue weighted by atomic mass is 10.0. The van der Waals surface area contributed by atoms with E-state index in [0.29, 0.717) is 6.61 Å². The molecule has 1 fully saturated rings. The Morgan fingerprint density at radius 1 is 1.17 bits per heavy atom. The molecule has 0 unspecified atom stereocenters. The van der Waals surface area contributed by atoms with Gasteiger partial charge in [-0.25, -0.2) is 0 Å². The standard InChI is InChI=1S/C21H23ClO2/c1-21(2)12-16-10-18(22)11-17(20(16)24-21)13-23-19-7-5-15(6-8-19)9-14-3-4-14/h5-8,10-11,14H,3-4,9,12-13H2,1-2H3. The zero-order valence-corrected chi connectivity index (χ0v) is 15.0. The van der Waals surface area contributed by atoms with Crippen LogP contribution in [0.2, 0.25) is 5.02 Å². The molecule has 0 radical (unpaired) electrons. The number of benzene rings is 2. The molecular weight excluding hydrogens is 320 g/mol. The maximum atomic E-state index is 6.27. The molecule has 0 amide bonds. The van der Waals surface area contributed by atoms with E-state index in [0.717, 1.165) is 34.4 Å². The highest BCUT2D eigenvalue weighted by molar-refractivity contribution is 6.30. The average Bonchev–Trinajstić information content (AvgIpc) is 3.27. The molecule has 126 valence electrons. The third kappa shape index (κ3) is 3.54. The summed E-state index contributed by atoms with van der Waals surface area (Å²) in [6.07, 6.45) is 4.85. The Labute approximate surface area is 148 Å². The van der Waals surface area contributed by atoms with E-state index in [9.17, 15) is 0 Å². The molecule has 2 aromatic rings. The molecule has 4 rings (SSSR count). The molecule has 0 atom stereocenters. The molecule has 0 N–H and O–H groups in total. The Kier molecular flexibility index (Phi) is 3.96. The van der Waals surface area contributed by atoms with E-state index in [-0.39, 0.29) is 5.60 Å². The number of halogens is 1. The van der Waals surface area contributed by atoms with Crippen LogP contribution in [0.5, 0.6) is 11.5 Å². The Hall–Kier alpha value is -1.67. The Bertz CT molecular complexity index is 745. The van der Waals surface area contributed by atoms with Crippen molar-refractivity contribution in [2.75, 3.05) is 0 Å². The van der Waals surface area contributed by atoms with Gasteiger partial charge in [-0.1, -0.05) is 23.7 Å². The highest BCUT2D eigenvalue weighted by Crippen LogP contribution is 2.40. The van der Waals surface area contributed by atoms with Crippen molar-refractivity contribution >= 4 is 11.6 Å². The number of fused-ring (bicyclic) bond motifs is 1. The van der Waals surface area contributed by atoms with E-state index in [1.54, 1.807) is 0 Å². The molecule has 1 aliphatic heterocycles. The van der Waals surface area contributed by atoms with Gasteiger partial charge in [0.25, 0.3) is 0 Å². The molecule has 0 bridgehead atoms. The minimum absolute atomic E-state index is 0.174. The summed E-state index contributed by atoms with van der Waals surface area (Å²) >= 11 is 6.27. The summed E-state index contributed by atoms with van der Waals surface area (Å²) in [6.45, 7) is 4.68. The summed E-state index contributed by atoms with van der Waals surface area (Å²) < 4.78 is 12.1. The van der Waals surface area contributed by atoms with Gasteiger partial charge >= 0.3 is 0 Å². The van der Waals surface area contributed by atoms with Crippen LogP contribution in [-0.2, 0) is 19.4 Å². The maximum Gasteiger partial charge on any atom is 0.130 e. The number of ether oxygens (including phenoxy) is 2. The van der Waals surface area contributed by atoms with Crippen LogP contribution in [0.1, 0.15) is 43.4 Å². The second-order valence-corrected chi connectivity index (χ2v) is 8.11. The minimum Gasteiger partial charge on any atom is -0.489 e. The fourth-order valence-electron chi connectivity index (χ4n) is 3.39. The molecule has 0 spiro atoms. The number of hydrogen-bond acceptors (Lipinski definition) is 2. The molecule has 3 heteroatoms. The molecule has 1 aliphatic carbocycles. The van der Waals surface area contributed by atoms with Gasteiger partial charge in [-0.2, -0.15) is 0 Å². The van der Waals surface area contributed by atoms with Gasteiger partial charge in [-0.15, -0.1) is 0 Å². The van der Waals surface area contributed by atoms with Crippen LogP contribution in [0.3, 0.4) is 0 Å². The highest BCUT2D eigenvalue weighted by atomic mass is 35.5. The Balaban J connectivity index is 1.46. The molecule has 2 aromatic carbocycles. The third-order valence-electron chi connectivity index (χ3n) is 4.74. The van der Waals surface area contributed by atoms with Crippen molar-refractivity contribution in [1.29, 1.82) is 0 Å². The van der Waals surface area contributed by atoms with Crippen LogP contribution in [-0.4, -0.2) is 5.60 Å². The maximum absolute atomic E-state index is 6.27. The minimum atomic E-state index is -0.174. The molecule has 24 heavy (non-hydrogen) atoms. The summed E-state index contributed by atoms with van der Waals surface area (Å²) in [5, 5.41) is 0.744. The first-order valence-corrected chi connectivity index (χ1v) is 9.08. The van der Waals surface area contributed by atoms with E-state index in [4.69, 9.17) is 21.1 Å². The summed E-state index contributed by atoms with van der Waals surface area (Å²) in [6, 6.07) is 12.4. The van der Waals surface area contributed by atoms with Crippen molar-refractivity contribution < 1.29 is 9.47 Å². The van der Waals surface area contributed by atoms with Crippen LogP contribution in [0, 0.1) is 5.92 Å². The van der Waals surface area contributed by atoms with Crippen LogP contribution < -0.4 is 9.47 Å². The first kappa shape index (κ1) is 15.8. The van der Waals surface area contributed by atoms with Crippen LogP contribution in [0.4, 0.5) is 0 Å². The van der Waals surface area contributed by atoms with E-state index < -0.39 is 0 Å². The van der Waals surface area contributed by atoms with Gasteiger partial charge < -0.3 is 9.47 Å². The first-order chi connectivity index (χ1) is 11.5. The molecule has 2 aliphatic rings. The normalized spacial score (nSPS) is 18.1. The molecule has 0 aromatic heterocycles. The van der Waals surface area contributed by atoms with Gasteiger partial charge in [0.1, 0.15) is 23.7 Å². The van der Waals surface area contributed by atoms with Crippen molar-refractivity contribution in [1.82, 2.24) is 0 Å². The molecule has 0 saturated heterocycles. The van der Waals surface area contributed by atoms with Crippen molar-refractivity contribution in [3.8, 4) is 11.5 Å². The fraction of sp³-hybridized carbons (Fsp3) is 0.429. The monoisotopic (exact) mass is 342 g/mol. The van der Waals surface area contributed by atoms with E-state index in [1.807, 2.05) is 12.1 Å². The van der Waals surface area contributed by atoms with Crippen molar-refractivity contribution in [2.24, 2.45) is 5.92 Å². The van der Waals surface area contributed by atoms with Crippen LogP contribution >= 0.6 is 11.6 Å². The molecule has 2 nitrogen and oxygen atoms in total. The fourth-order valence-corrected chi connectivity index (χ4v) is 3.65. The van der Waals surface area contributed by atoms with Gasteiger partial charge in [0.15, 0.2) is 0 Å². The molecule has 1 saturated carbocycles. The summed E-state index contributed by atoms with van der Waals surface area (Å²) in [5.74, 6) is 2.74. The van der Waals surface area contributed by atoms with Crippen LogP contribution in [0.15, 0.2) is 36.4 Å². The summed E-state index contributed by atoms with van der Waals surface area (Å²) in [7, 11) is 0. The second kappa shape index (κ2) is 6.00. The second-order valence-electron chi connectivity index (χ2n) is 7.67. The van der Waals surface area contributed by atoms with E-state index in [2.05, 4.69) is 38.1 Å². The van der Waals surface area contributed by atoms with E-state index in [1.165, 1.54) is 30.4 Å². The zero-order valence-electron chi connectivity index (χ0n) is 14.3. The van der Waals surface area contributed by atoms with Crippen molar-refractivity contribution in [3.63, 3.8) is 0 Å². The van der Waals surface area contributed by atoms with E-state index >= 15 is 0 Å². The summed E-state index contributed by atoms with van der Waals surface area (Å²) in [5.41, 5.74) is 3.42. The topological polar surface area (TPSA) is 18.5 Å². The van der Waals surface area contributed by atoms with Gasteiger partial charge in [-0.3, -0.25) is 0 Å². The Morgan fingerprint density at radius 2 is 1.92 bits per heavy atom. The first-order valence-electron chi connectivity index (χ1n) is 8.71. The smallest absolute Gasteiger partial charge is 0.130 e. The highest BCUT2D eigenvalue weighted by Gasteiger charge is 2.32. The average molecular weight is 343 g/mol. The van der Waals surface area contributed by atoms with Gasteiger partial charge in [0, 0.05) is 17.0 Å². The lowest BCUT2D eigenvalue weighted by Gasteiger charge is -2.18. The Morgan fingerprint density at radius 3 is 2.62 bits per heavy atom. The number of hydrogen-bond donors (Lipinski definition) is 0. The quantitative estimate of drug-likeness (QED) is 0.705. The lowest BCUT2D eigenvalue weighted by molar-refractivity contribution is 0.135. The third-order valence-corrected chi connectivity index (χ3v) is 4.96. The largest absolute Gasteiger partial charge is 0.489 e. The van der Waals surface area contributed by atoms with Gasteiger partial charge in [0.2, 0.25) is 0 Å².